The lowest BCUT2D eigenvalue weighted by molar-refractivity contribution is 0.177. The fourth-order valence-electron chi connectivity index (χ4n) is 3.08. The van der Waals surface area contributed by atoms with Crippen LogP contribution in [0.15, 0.2) is 6.07 Å². The molecule has 0 amide bonds. The predicted molar refractivity (Wildman–Crippen MR) is 85.0 cm³/mol. The third-order valence-corrected chi connectivity index (χ3v) is 4.83. The summed E-state index contributed by atoms with van der Waals surface area (Å²) in [5.74, 6) is 7.73. The first kappa shape index (κ1) is 16.0. The zero-order chi connectivity index (χ0) is 15.3. The molecule has 0 unspecified atom stereocenters. The first-order chi connectivity index (χ1) is 10.2. The van der Waals surface area contributed by atoms with E-state index in [-0.39, 0.29) is 0 Å². The van der Waals surface area contributed by atoms with Gasteiger partial charge < -0.3 is 15.1 Å². The van der Waals surface area contributed by atoms with Gasteiger partial charge in [-0.1, -0.05) is 26.7 Å². The zero-order valence-corrected chi connectivity index (χ0v) is 13.4. The largest absolute Gasteiger partial charge is 0.377 e. The molecule has 3 N–H and O–H groups in total. The Bertz CT molecular complexity index is 451. The van der Waals surface area contributed by atoms with E-state index in [2.05, 4.69) is 34.1 Å². The third kappa shape index (κ3) is 3.63. The molecule has 1 saturated heterocycles. The maximum atomic E-state index is 5.50. The molecule has 0 saturated carbocycles. The Morgan fingerprint density at radius 3 is 2.48 bits per heavy atom. The molecule has 0 aromatic carbocycles. The minimum absolute atomic E-state index is 0.393. The van der Waals surface area contributed by atoms with Crippen LogP contribution in [0.1, 0.15) is 45.4 Å². The molecule has 1 aromatic heterocycles. The molecule has 0 radical (unpaired) electrons. The molecular weight excluding hydrogens is 266 g/mol. The fraction of sp³-hybridized carbons (Fsp3) is 0.733. The van der Waals surface area contributed by atoms with Crippen LogP contribution in [0.3, 0.4) is 0 Å². The standard InChI is InChI=1S/C15H27N5O/c1-4-15(5-2)6-8-20(9-7-15)14-10-12(19-16)17-13(18-14)11-21-3/h10H,4-9,11,16H2,1-3H3,(H,17,18,19). The Morgan fingerprint density at radius 2 is 1.95 bits per heavy atom. The highest BCUT2D eigenvalue weighted by molar-refractivity contribution is 5.49. The van der Waals surface area contributed by atoms with Crippen molar-refractivity contribution < 1.29 is 4.74 Å². The predicted octanol–water partition coefficient (Wildman–Crippen LogP) is 2.32. The van der Waals surface area contributed by atoms with Crippen LogP contribution in [0.25, 0.3) is 0 Å². The SMILES string of the molecule is CCC1(CC)CCN(c2cc(NN)nc(COC)n2)CC1. The highest BCUT2D eigenvalue weighted by Crippen LogP contribution is 2.38. The van der Waals surface area contributed by atoms with Crippen molar-refractivity contribution >= 4 is 11.6 Å². The summed E-state index contributed by atoms with van der Waals surface area (Å²) in [5.41, 5.74) is 3.12. The molecule has 1 aliphatic heterocycles. The van der Waals surface area contributed by atoms with Gasteiger partial charge in [0.25, 0.3) is 0 Å². The van der Waals surface area contributed by atoms with Gasteiger partial charge in [0, 0.05) is 26.3 Å². The Morgan fingerprint density at radius 1 is 1.29 bits per heavy atom. The van der Waals surface area contributed by atoms with Crippen LogP contribution in [-0.4, -0.2) is 30.2 Å². The molecule has 2 rings (SSSR count). The molecule has 1 aliphatic rings. The molecule has 2 heterocycles. The summed E-state index contributed by atoms with van der Waals surface area (Å²) in [6.07, 6.45) is 4.95. The highest BCUT2D eigenvalue weighted by Gasteiger charge is 2.31. The number of piperidine rings is 1. The summed E-state index contributed by atoms with van der Waals surface area (Å²) in [5, 5.41) is 0. The summed E-state index contributed by atoms with van der Waals surface area (Å²) in [4.78, 5) is 11.2. The smallest absolute Gasteiger partial charge is 0.158 e. The van der Waals surface area contributed by atoms with Crippen LogP contribution in [0.4, 0.5) is 11.6 Å². The van der Waals surface area contributed by atoms with Crippen molar-refractivity contribution in [2.45, 2.75) is 46.1 Å². The number of nitrogen functional groups attached to an aromatic ring is 1. The van der Waals surface area contributed by atoms with Crippen molar-refractivity contribution in [1.29, 1.82) is 0 Å². The summed E-state index contributed by atoms with van der Waals surface area (Å²) in [6.45, 7) is 7.07. The number of aromatic nitrogens is 2. The molecular formula is C15H27N5O. The number of anilines is 2. The Kier molecular flexibility index (Phi) is 5.36. The number of ether oxygens (including phenoxy) is 1. The Hall–Kier alpha value is -1.40. The van der Waals surface area contributed by atoms with E-state index in [0.717, 1.165) is 18.9 Å². The summed E-state index contributed by atoms with van der Waals surface area (Å²) < 4.78 is 5.13. The summed E-state index contributed by atoms with van der Waals surface area (Å²) in [7, 11) is 1.64. The number of nitrogens with two attached hydrogens (primary N) is 1. The topological polar surface area (TPSA) is 76.3 Å². The molecule has 0 atom stereocenters. The van der Waals surface area contributed by atoms with Crippen LogP contribution in [-0.2, 0) is 11.3 Å². The van der Waals surface area contributed by atoms with E-state index in [1.165, 1.54) is 25.7 Å². The quantitative estimate of drug-likeness (QED) is 0.619. The normalized spacial score (nSPS) is 17.8. The molecule has 6 nitrogen and oxygen atoms in total. The maximum Gasteiger partial charge on any atom is 0.158 e. The number of nitrogens with one attached hydrogen (secondary N) is 1. The monoisotopic (exact) mass is 293 g/mol. The molecule has 6 heteroatoms. The Balaban J connectivity index is 2.14. The minimum Gasteiger partial charge on any atom is -0.377 e. The zero-order valence-electron chi connectivity index (χ0n) is 13.4. The van der Waals surface area contributed by atoms with E-state index in [1.807, 2.05) is 6.07 Å². The molecule has 1 fully saturated rings. The lowest BCUT2D eigenvalue weighted by Gasteiger charge is -2.41. The number of hydrazine groups is 1. The van der Waals surface area contributed by atoms with Crippen LogP contribution in [0, 0.1) is 5.41 Å². The van der Waals surface area contributed by atoms with Crippen molar-refractivity contribution in [1.82, 2.24) is 9.97 Å². The number of hydrogen-bond acceptors (Lipinski definition) is 6. The van der Waals surface area contributed by atoms with Crippen LogP contribution < -0.4 is 16.2 Å². The molecule has 118 valence electrons. The lowest BCUT2D eigenvalue weighted by atomic mass is 9.74. The molecule has 1 aromatic rings. The van der Waals surface area contributed by atoms with E-state index in [0.29, 0.717) is 23.7 Å². The van der Waals surface area contributed by atoms with Gasteiger partial charge in [-0.2, -0.15) is 0 Å². The minimum atomic E-state index is 0.393. The lowest BCUT2D eigenvalue weighted by Crippen LogP contribution is -2.40. The van der Waals surface area contributed by atoms with Crippen molar-refractivity contribution in [3.8, 4) is 0 Å². The van der Waals surface area contributed by atoms with Gasteiger partial charge in [0.05, 0.1) is 0 Å². The molecule has 0 aliphatic carbocycles. The highest BCUT2D eigenvalue weighted by atomic mass is 16.5. The molecule has 0 bridgehead atoms. The van der Waals surface area contributed by atoms with Crippen LogP contribution >= 0.6 is 0 Å². The van der Waals surface area contributed by atoms with Gasteiger partial charge in [-0.3, -0.25) is 0 Å². The van der Waals surface area contributed by atoms with Gasteiger partial charge in [-0.05, 0) is 18.3 Å². The number of rotatable bonds is 6. The van der Waals surface area contributed by atoms with Gasteiger partial charge in [-0.25, -0.2) is 15.8 Å². The average Bonchev–Trinajstić information content (AvgIpc) is 2.55. The van der Waals surface area contributed by atoms with Gasteiger partial charge in [0.2, 0.25) is 0 Å². The molecule has 0 spiro atoms. The second-order valence-electron chi connectivity index (χ2n) is 5.80. The summed E-state index contributed by atoms with van der Waals surface area (Å²) >= 11 is 0. The first-order valence-electron chi connectivity index (χ1n) is 7.75. The average molecular weight is 293 g/mol. The van der Waals surface area contributed by atoms with Gasteiger partial charge in [-0.15, -0.1) is 0 Å². The first-order valence-corrected chi connectivity index (χ1v) is 7.75. The van der Waals surface area contributed by atoms with E-state index in [1.54, 1.807) is 7.11 Å². The van der Waals surface area contributed by atoms with E-state index >= 15 is 0 Å². The van der Waals surface area contributed by atoms with Gasteiger partial charge in [0.1, 0.15) is 18.2 Å². The second kappa shape index (κ2) is 7.04. The second-order valence-corrected chi connectivity index (χ2v) is 5.80. The van der Waals surface area contributed by atoms with E-state index < -0.39 is 0 Å². The molecule has 21 heavy (non-hydrogen) atoms. The third-order valence-electron chi connectivity index (χ3n) is 4.83. The van der Waals surface area contributed by atoms with E-state index in [9.17, 15) is 0 Å². The van der Waals surface area contributed by atoms with Crippen LogP contribution in [0.2, 0.25) is 0 Å². The number of nitrogens with zero attached hydrogens (tertiary/aromatic N) is 3. The van der Waals surface area contributed by atoms with Gasteiger partial charge in [0.15, 0.2) is 5.82 Å². The van der Waals surface area contributed by atoms with Crippen molar-refractivity contribution in [3.63, 3.8) is 0 Å². The summed E-state index contributed by atoms with van der Waals surface area (Å²) in [6, 6.07) is 1.91. The van der Waals surface area contributed by atoms with Crippen molar-refractivity contribution in [3.05, 3.63) is 11.9 Å². The fourth-order valence-corrected chi connectivity index (χ4v) is 3.08. The van der Waals surface area contributed by atoms with Gasteiger partial charge >= 0.3 is 0 Å². The number of hydrogen-bond donors (Lipinski definition) is 2. The maximum absolute atomic E-state index is 5.50. The Labute approximate surface area is 127 Å². The van der Waals surface area contributed by atoms with Crippen molar-refractivity contribution in [2.75, 3.05) is 30.5 Å². The van der Waals surface area contributed by atoms with Crippen LogP contribution in [0.5, 0.6) is 0 Å². The number of methoxy groups -OCH3 is 1. The van der Waals surface area contributed by atoms with Crippen molar-refractivity contribution in [2.24, 2.45) is 11.3 Å². The van der Waals surface area contributed by atoms with E-state index in [4.69, 9.17) is 10.6 Å².